The molecule has 0 spiro atoms. The summed E-state index contributed by atoms with van der Waals surface area (Å²) in [5, 5.41) is 18.8. The summed E-state index contributed by atoms with van der Waals surface area (Å²) in [7, 11) is 0. The third kappa shape index (κ3) is 2.81. The zero-order valence-electron chi connectivity index (χ0n) is 11.7. The van der Waals surface area contributed by atoms with Gasteiger partial charge in [-0.1, -0.05) is 0 Å². The van der Waals surface area contributed by atoms with Gasteiger partial charge in [0.05, 0.1) is 6.54 Å². The maximum atomic E-state index is 11.7. The quantitative estimate of drug-likeness (QED) is 0.825. The zero-order chi connectivity index (χ0) is 14.2. The molecule has 0 saturated heterocycles. The van der Waals surface area contributed by atoms with Gasteiger partial charge in [-0.2, -0.15) is 4.52 Å². The van der Waals surface area contributed by atoms with Crippen LogP contribution in [0.2, 0.25) is 0 Å². The Balaban J connectivity index is 1.40. The number of anilines is 1. The number of amides is 1. The highest BCUT2D eigenvalue weighted by Gasteiger charge is 2.29. The van der Waals surface area contributed by atoms with E-state index in [1.807, 2.05) is 12.1 Å². The molecular weight excluding hydrogens is 268 g/mol. The summed E-state index contributed by atoms with van der Waals surface area (Å²) in [6, 6.07) is 3.70. The van der Waals surface area contributed by atoms with Crippen molar-refractivity contribution in [2.24, 2.45) is 5.92 Å². The molecule has 0 unspecified atom stereocenters. The fraction of sp³-hybridized carbons (Fsp3) is 0.571. The van der Waals surface area contributed by atoms with Crippen LogP contribution in [0.3, 0.4) is 0 Å². The maximum Gasteiger partial charge on any atom is 0.239 e. The predicted molar refractivity (Wildman–Crippen MR) is 77.0 cm³/mol. The normalized spacial score (nSPS) is 17.9. The van der Waals surface area contributed by atoms with Crippen LogP contribution < -0.4 is 10.6 Å². The molecule has 2 N–H and O–H groups in total. The van der Waals surface area contributed by atoms with E-state index in [0.717, 1.165) is 30.9 Å². The minimum atomic E-state index is 0.00923. The van der Waals surface area contributed by atoms with E-state index in [4.69, 9.17) is 0 Å². The Labute approximate surface area is 122 Å². The average Bonchev–Trinajstić information content (AvgIpc) is 3.41. The number of rotatable bonds is 6. The van der Waals surface area contributed by atoms with Crippen molar-refractivity contribution in [3.05, 3.63) is 18.0 Å². The van der Waals surface area contributed by atoms with E-state index in [-0.39, 0.29) is 12.5 Å². The standard InChI is InChI=1S/C14H18N6O/c21-13(16-7-9-1-2-9)8-15-11-5-6-12-17-18-14(10-3-4-10)20(12)19-11/h5-6,9-10H,1-4,7-8H2,(H,15,19)(H,16,21). The lowest BCUT2D eigenvalue weighted by Crippen LogP contribution is -2.31. The number of carbonyl (C=O) groups excluding carboxylic acids is 1. The van der Waals surface area contributed by atoms with E-state index in [0.29, 0.717) is 17.7 Å². The summed E-state index contributed by atoms with van der Waals surface area (Å²) in [6.45, 7) is 1.04. The van der Waals surface area contributed by atoms with Crippen LogP contribution in [0.25, 0.3) is 5.65 Å². The lowest BCUT2D eigenvalue weighted by atomic mass is 10.4. The summed E-state index contributed by atoms with van der Waals surface area (Å²) in [6.07, 6.45) is 4.79. The molecular formula is C14H18N6O. The minimum absolute atomic E-state index is 0.00923. The molecule has 2 heterocycles. The van der Waals surface area contributed by atoms with Gasteiger partial charge >= 0.3 is 0 Å². The minimum Gasteiger partial charge on any atom is -0.360 e. The molecule has 7 nitrogen and oxygen atoms in total. The molecule has 110 valence electrons. The highest BCUT2D eigenvalue weighted by Crippen LogP contribution is 2.38. The Hall–Kier alpha value is -2.18. The molecule has 21 heavy (non-hydrogen) atoms. The van der Waals surface area contributed by atoms with Crippen molar-refractivity contribution in [2.75, 3.05) is 18.4 Å². The summed E-state index contributed by atoms with van der Waals surface area (Å²) in [5.74, 6) is 2.79. The van der Waals surface area contributed by atoms with Crippen molar-refractivity contribution < 1.29 is 4.79 Å². The van der Waals surface area contributed by atoms with Crippen molar-refractivity contribution >= 4 is 17.4 Å². The van der Waals surface area contributed by atoms with Crippen LogP contribution in [0.4, 0.5) is 5.82 Å². The molecule has 2 aromatic heterocycles. The first-order valence-electron chi connectivity index (χ1n) is 7.52. The molecule has 0 atom stereocenters. The molecule has 1 amide bonds. The molecule has 2 saturated carbocycles. The zero-order valence-corrected chi connectivity index (χ0v) is 11.7. The molecule has 4 rings (SSSR count). The molecule has 0 radical (unpaired) electrons. The van der Waals surface area contributed by atoms with Crippen LogP contribution in [-0.2, 0) is 4.79 Å². The second-order valence-corrected chi connectivity index (χ2v) is 5.92. The Kier molecular flexibility index (Phi) is 2.98. The number of hydrogen-bond acceptors (Lipinski definition) is 5. The van der Waals surface area contributed by atoms with Crippen molar-refractivity contribution in [3.8, 4) is 0 Å². The third-order valence-corrected chi connectivity index (χ3v) is 3.94. The van der Waals surface area contributed by atoms with E-state index in [2.05, 4.69) is 25.9 Å². The van der Waals surface area contributed by atoms with Crippen LogP contribution in [0.5, 0.6) is 0 Å². The lowest BCUT2D eigenvalue weighted by molar-refractivity contribution is -0.119. The van der Waals surface area contributed by atoms with Crippen LogP contribution in [0.1, 0.15) is 37.4 Å². The largest absolute Gasteiger partial charge is 0.360 e. The third-order valence-electron chi connectivity index (χ3n) is 3.94. The van der Waals surface area contributed by atoms with Crippen LogP contribution in [0, 0.1) is 5.92 Å². The Morgan fingerprint density at radius 3 is 2.86 bits per heavy atom. The van der Waals surface area contributed by atoms with Crippen LogP contribution in [0.15, 0.2) is 12.1 Å². The van der Waals surface area contributed by atoms with Gasteiger partial charge in [0.1, 0.15) is 5.82 Å². The van der Waals surface area contributed by atoms with E-state index in [9.17, 15) is 4.79 Å². The van der Waals surface area contributed by atoms with Gasteiger partial charge in [-0.15, -0.1) is 15.3 Å². The van der Waals surface area contributed by atoms with Gasteiger partial charge in [0, 0.05) is 12.5 Å². The summed E-state index contributed by atoms with van der Waals surface area (Å²) in [4.78, 5) is 11.7. The molecule has 2 aliphatic rings. The number of nitrogens with one attached hydrogen (secondary N) is 2. The molecule has 0 aromatic carbocycles. The van der Waals surface area contributed by atoms with Gasteiger partial charge in [0.25, 0.3) is 0 Å². The fourth-order valence-corrected chi connectivity index (χ4v) is 2.31. The van der Waals surface area contributed by atoms with Crippen molar-refractivity contribution in [2.45, 2.75) is 31.6 Å². The first-order chi connectivity index (χ1) is 10.3. The number of hydrogen-bond donors (Lipinski definition) is 2. The topological polar surface area (TPSA) is 84.2 Å². The summed E-state index contributed by atoms with van der Waals surface area (Å²) < 4.78 is 1.78. The highest BCUT2D eigenvalue weighted by molar-refractivity contribution is 5.80. The lowest BCUT2D eigenvalue weighted by Gasteiger charge is -2.07. The number of aromatic nitrogens is 4. The summed E-state index contributed by atoms with van der Waals surface area (Å²) in [5.41, 5.74) is 0.751. The van der Waals surface area contributed by atoms with Gasteiger partial charge in [0.2, 0.25) is 5.91 Å². The maximum absolute atomic E-state index is 11.7. The predicted octanol–water partition coefficient (Wildman–Crippen LogP) is 0.940. The molecule has 0 aliphatic heterocycles. The van der Waals surface area contributed by atoms with E-state index in [1.165, 1.54) is 12.8 Å². The monoisotopic (exact) mass is 286 g/mol. The van der Waals surface area contributed by atoms with Gasteiger partial charge in [-0.25, -0.2) is 0 Å². The Bertz CT molecular complexity index is 673. The average molecular weight is 286 g/mol. The van der Waals surface area contributed by atoms with E-state index >= 15 is 0 Å². The van der Waals surface area contributed by atoms with Crippen molar-refractivity contribution in [1.82, 2.24) is 25.1 Å². The van der Waals surface area contributed by atoms with E-state index in [1.54, 1.807) is 4.52 Å². The number of fused-ring (bicyclic) bond motifs is 1. The number of carbonyl (C=O) groups is 1. The van der Waals surface area contributed by atoms with Crippen molar-refractivity contribution in [3.63, 3.8) is 0 Å². The van der Waals surface area contributed by atoms with Crippen LogP contribution in [-0.4, -0.2) is 38.8 Å². The first-order valence-corrected chi connectivity index (χ1v) is 7.52. The second-order valence-electron chi connectivity index (χ2n) is 5.92. The first kappa shape index (κ1) is 12.6. The van der Waals surface area contributed by atoms with Gasteiger partial charge in [0.15, 0.2) is 11.5 Å². The molecule has 2 aromatic rings. The number of nitrogens with zero attached hydrogens (tertiary/aromatic N) is 4. The van der Waals surface area contributed by atoms with Gasteiger partial charge < -0.3 is 10.6 Å². The van der Waals surface area contributed by atoms with Crippen LogP contribution >= 0.6 is 0 Å². The molecule has 0 bridgehead atoms. The smallest absolute Gasteiger partial charge is 0.239 e. The molecule has 2 fully saturated rings. The Morgan fingerprint density at radius 1 is 1.24 bits per heavy atom. The highest BCUT2D eigenvalue weighted by atomic mass is 16.1. The summed E-state index contributed by atoms with van der Waals surface area (Å²) >= 11 is 0. The second kappa shape index (κ2) is 4.98. The van der Waals surface area contributed by atoms with Crippen molar-refractivity contribution in [1.29, 1.82) is 0 Å². The van der Waals surface area contributed by atoms with E-state index < -0.39 is 0 Å². The SMILES string of the molecule is O=C(CNc1ccc2nnc(C3CC3)n2n1)NCC1CC1. The van der Waals surface area contributed by atoms with Gasteiger partial charge in [-0.05, 0) is 43.7 Å². The Morgan fingerprint density at radius 2 is 2.10 bits per heavy atom. The fourth-order valence-electron chi connectivity index (χ4n) is 2.31. The van der Waals surface area contributed by atoms with Gasteiger partial charge in [-0.3, -0.25) is 4.79 Å². The molecule has 2 aliphatic carbocycles. The molecule has 7 heteroatoms.